The summed E-state index contributed by atoms with van der Waals surface area (Å²) in [6, 6.07) is 15.7. The van der Waals surface area contributed by atoms with Crippen LogP contribution in [0.1, 0.15) is 30.9 Å². The standard InChI is InChI=1S/C18H18ClNO/c19-16-11-13(12-4-2-1-3-5-12)10-15-17(20-14-6-7-14)8-9-21-18(15)16/h1-5,10-11,14,17,20H,6-9H2. The summed E-state index contributed by atoms with van der Waals surface area (Å²) in [7, 11) is 0. The van der Waals surface area contributed by atoms with Crippen LogP contribution in [0, 0.1) is 0 Å². The lowest BCUT2D eigenvalue weighted by molar-refractivity contribution is 0.252. The largest absolute Gasteiger partial charge is 0.492 e. The highest BCUT2D eigenvalue weighted by Crippen LogP contribution is 2.42. The highest BCUT2D eigenvalue weighted by molar-refractivity contribution is 6.32. The van der Waals surface area contributed by atoms with E-state index in [4.69, 9.17) is 16.3 Å². The molecule has 2 nitrogen and oxygen atoms in total. The van der Waals surface area contributed by atoms with Gasteiger partial charge in [-0.05, 0) is 36.1 Å². The minimum absolute atomic E-state index is 0.363. The lowest BCUT2D eigenvalue weighted by Crippen LogP contribution is -2.28. The molecule has 0 amide bonds. The van der Waals surface area contributed by atoms with Gasteiger partial charge in [-0.15, -0.1) is 0 Å². The highest BCUT2D eigenvalue weighted by Gasteiger charge is 2.30. The number of ether oxygens (including phenoxy) is 1. The summed E-state index contributed by atoms with van der Waals surface area (Å²) < 4.78 is 5.81. The van der Waals surface area contributed by atoms with Gasteiger partial charge in [-0.2, -0.15) is 0 Å². The molecule has 3 heteroatoms. The first-order valence-corrected chi connectivity index (χ1v) is 7.97. The van der Waals surface area contributed by atoms with Crippen LogP contribution < -0.4 is 10.1 Å². The second-order valence-corrected chi connectivity index (χ2v) is 6.28. The molecule has 1 fully saturated rings. The van der Waals surface area contributed by atoms with E-state index in [0.29, 0.717) is 17.1 Å². The second kappa shape index (κ2) is 5.36. The lowest BCUT2D eigenvalue weighted by Gasteiger charge is -2.28. The number of benzene rings is 2. The fourth-order valence-electron chi connectivity index (χ4n) is 2.97. The average molecular weight is 300 g/mol. The third-order valence-corrected chi connectivity index (χ3v) is 4.50. The molecule has 108 valence electrons. The number of halogens is 1. The van der Waals surface area contributed by atoms with Crippen LogP contribution in [-0.4, -0.2) is 12.6 Å². The lowest BCUT2D eigenvalue weighted by atomic mass is 9.95. The molecule has 1 atom stereocenters. The molecular formula is C18H18ClNO. The maximum Gasteiger partial charge on any atom is 0.142 e. The molecule has 1 saturated carbocycles. The van der Waals surface area contributed by atoms with Crippen molar-refractivity contribution in [3.63, 3.8) is 0 Å². The predicted octanol–water partition coefficient (Wildman–Crippen LogP) is 4.58. The molecule has 2 aliphatic rings. The van der Waals surface area contributed by atoms with Gasteiger partial charge >= 0.3 is 0 Å². The van der Waals surface area contributed by atoms with E-state index in [2.05, 4.69) is 35.6 Å². The molecule has 0 saturated heterocycles. The van der Waals surface area contributed by atoms with Crippen LogP contribution in [0.3, 0.4) is 0 Å². The maximum absolute atomic E-state index is 6.46. The number of rotatable bonds is 3. The maximum atomic E-state index is 6.46. The van der Waals surface area contributed by atoms with Gasteiger partial charge in [0, 0.05) is 24.1 Å². The molecule has 1 N–H and O–H groups in total. The fourth-order valence-corrected chi connectivity index (χ4v) is 3.25. The van der Waals surface area contributed by atoms with E-state index in [9.17, 15) is 0 Å². The van der Waals surface area contributed by atoms with Crippen LogP contribution >= 0.6 is 11.6 Å². The van der Waals surface area contributed by atoms with E-state index >= 15 is 0 Å². The summed E-state index contributed by atoms with van der Waals surface area (Å²) in [5.74, 6) is 0.862. The molecule has 4 rings (SSSR count). The Morgan fingerprint density at radius 3 is 2.57 bits per heavy atom. The molecular weight excluding hydrogens is 282 g/mol. The number of hydrogen-bond donors (Lipinski definition) is 1. The minimum Gasteiger partial charge on any atom is -0.492 e. The van der Waals surface area contributed by atoms with E-state index in [-0.39, 0.29) is 0 Å². The van der Waals surface area contributed by atoms with Crippen molar-refractivity contribution in [3.05, 3.63) is 53.1 Å². The Hall–Kier alpha value is -1.51. The highest BCUT2D eigenvalue weighted by atomic mass is 35.5. The Labute approximate surface area is 130 Å². The Morgan fingerprint density at radius 1 is 1.00 bits per heavy atom. The zero-order valence-corrected chi connectivity index (χ0v) is 12.6. The molecule has 1 aliphatic heterocycles. The van der Waals surface area contributed by atoms with E-state index in [1.807, 2.05) is 12.1 Å². The number of fused-ring (bicyclic) bond motifs is 1. The smallest absolute Gasteiger partial charge is 0.142 e. The van der Waals surface area contributed by atoms with Crippen LogP contribution in [0.5, 0.6) is 5.75 Å². The van der Waals surface area contributed by atoms with Crippen molar-refractivity contribution in [3.8, 4) is 16.9 Å². The van der Waals surface area contributed by atoms with Crippen molar-refractivity contribution in [2.45, 2.75) is 31.3 Å². The molecule has 1 heterocycles. The zero-order chi connectivity index (χ0) is 14.2. The van der Waals surface area contributed by atoms with E-state index in [1.165, 1.54) is 24.0 Å². The van der Waals surface area contributed by atoms with Gasteiger partial charge in [-0.3, -0.25) is 0 Å². The van der Waals surface area contributed by atoms with Gasteiger partial charge in [0.05, 0.1) is 11.6 Å². The van der Waals surface area contributed by atoms with E-state index in [0.717, 1.165) is 24.3 Å². The second-order valence-electron chi connectivity index (χ2n) is 5.87. The van der Waals surface area contributed by atoms with Gasteiger partial charge in [-0.25, -0.2) is 0 Å². The molecule has 0 spiro atoms. The van der Waals surface area contributed by atoms with Crippen molar-refractivity contribution < 1.29 is 4.74 Å². The molecule has 0 aromatic heterocycles. The van der Waals surface area contributed by atoms with Crippen LogP contribution in [0.4, 0.5) is 0 Å². The summed E-state index contributed by atoms with van der Waals surface area (Å²) >= 11 is 6.46. The molecule has 2 aromatic rings. The summed E-state index contributed by atoms with van der Waals surface area (Å²) in [5.41, 5.74) is 3.56. The molecule has 0 radical (unpaired) electrons. The van der Waals surface area contributed by atoms with E-state index in [1.54, 1.807) is 0 Å². The van der Waals surface area contributed by atoms with Crippen molar-refractivity contribution in [1.29, 1.82) is 0 Å². The van der Waals surface area contributed by atoms with E-state index < -0.39 is 0 Å². The summed E-state index contributed by atoms with van der Waals surface area (Å²) in [6.07, 6.45) is 3.59. The normalized spacial score (nSPS) is 20.7. The van der Waals surface area contributed by atoms with Crippen LogP contribution in [0.25, 0.3) is 11.1 Å². The van der Waals surface area contributed by atoms with Crippen LogP contribution in [0.15, 0.2) is 42.5 Å². The Morgan fingerprint density at radius 2 is 1.81 bits per heavy atom. The van der Waals surface area contributed by atoms with Crippen molar-refractivity contribution in [1.82, 2.24) is 5.32 Å². The molecule has 0 bridgehead atoms. The molecule has 1 unspecified atom stereocenters. The Bertz CT molecular complexity index is 652. The van der Waals surface area contributed by atoms with Crippen molar-refractivity contribution in [2.24, 2.45) is 0 Å². The molecule has 1 aliphatic carbocycles. The zero-order valence-electron chi connectivity index (χ0n) is 11.8. The first-order valence-electron chi connectivity index (χ1n) is 7.59. The third kappa shape index (κ3) is 2.66. The third-order valence-electron chi connectivity index (χ3n) is 4.22. The van der Waals surface area contributed by atoms with Crippen LogP contribution in [0.2, 0.25) is 5.02 Å². The predicted molar refractivity (Wildman–Crippen MR) is 85.9 cm³/mol. The average Bonchev–Trinajstić information content (AvgIpc) is 3.33. The van der Waals surface area contributed by atoms with Crippen LogP contribution in [-0.2, 0) is 0 Å². The number of hydrogen-bond acceptors (Lipinski definition) is 2. The van der Waals surface area contributed by atoms with Gasteiger partial charge in [0.1, 0.15) is 5.75 Å². The van der Waals surface area contributed by atoms with Crippen molar-refractivity contribution >= 4 is 11.6 Å². The molecule has 2 aromatic carbocycles. The Kier molecular flexibility index (Phi) is 3.36. The van der Waals surface area contributed by atoms with Gasteiger partial charge in [0.25, 0.3) is 0 Å². The van der Waals surface area contributed by atoms with Gasteiger partial charge in [0.15, 0.2) is 0 Å². The topological polar surface area (TPSA) is 21.3 Å². The molecule has 21 heavy (non-hydrogen) atoms. The summed E-state index contributed by atoms with van der Waals surface area (Å²) in [6.45, 7) is 0.738. The number of nitrogens with one attached hydrogen (secondary N) is 1. The minimum atomic E-state index is 0.363. The first-order chi connectivity index (χ1) is 10.3. The SMILES string of the molecule is Clc1cc(-c2ccccc2)cc2c1OCCC2NC1CC1. The summed E-state index contributed by atoms with van der Waals surface area (Å²) in [5, 5.41) is 4.43. The van der Waals surface area contributed by atoms with Gasteiger partial charge < -0.3 is 10.1 Å². The van der Waals surface area contributed by atoms with Crippen molar-refractivity contribution in [2.75, 3.05) is 6.61 Å². The Balaban J connectivity index is 1.76. The fraction of sp³-hybridized carbons (Fsp3) is 0.333. The quantitative estimate of drug-likeness (QED) is 0.895. The monoisotopic (exact) mass is 299 g/mol. The first kappa shape index (κ1) is 13.2. The summed E-state index contributed by atoms with van der Waals surface area (Å²) in [4.78, 5) is 0. The van der Waals surface area contributed by atoms with Gasteiger partial charge in [0.2, 0.25) is 0 Å². The van der Waals surface area contributed by atoms with Gasteiger partial charge in [-0.1, -0.05) is 41.9 Å².